The molecule has 3 rings (SSSR count). The van der Waals surface area contributed by atoms with Crippen LogP contribution in [0.15, 0.2) is 36.4 Å². The lowest BCUT2D eigenvalue weighted by atomic mass is 9.83. The van der Waals surface area contributed by atoms with Gasteiger partial charge in [0, 0.05) is 11.1 Å². The molecule has 0 aliphatic carbocycles. The normalized spacial score (nSPS) is 21.1. The first-order valence-corrected chi connectivity index (χ1v) is 8.07. The molecule has 2 aromatic rings. The molecule has 1 aliphatic rings. The van der Waals surface area contributed by atoms with E-state index in [9.17, 15) is 0 Å². The first kappa shape index (κ1) is 14.6. The zero-order valence-corrected chi connectivity index (χ0v) is 13.7. The van der Waals surface area contributed by atoms with Crippen LogP contribution in [0.25, 0.3) is 0 Å². The van der Waals surface area contributed by atoms with Gasteiger partial charge in [-0.3, -0.25) is 0 Å². The lowest BCUT2D eigenvalue weighted by Crippen LogP contribution is -2.40. The Hall–Kier alpha value is -1.31. The minimum absolute atomic E-state index is 0.273. The van der Waals surface area contributed by atoms with E-state index in [2.05, 4.69) is 50.4 Å². The van der Waals surface area contributed by atoms with Gasteiger partial charge in [0.15, 0.2) is 0 Å². The number of nitrogens with one attached hydrogen (secondary N) is 1. The van der Waals surface area contributed by atoms with Gasteiger partial charge in [0.2, 0.25) is 0 Å². The maximum absolute atomic E-state index is 6.04. The van der Waals surface area contributed by atoms with Crippen LogP contribution in [0.1, 0.15) is 47.2 Å². The third-order valence-electron chi connectivity index (χ3n) is 4.51. The third kappa shape index (κ3) is 2.86. The Morgan fingerprint density at radius 3 is 2.52 bits per heavy atom. The lowest BCUT2D eigenvalue weighted by molar-refractivity contribution is 0.426. The molecule has 0 fully saturated rings. The van der Waals surface area contributed by atoms with E-state index in [1.807, 2.05) is 12.1 Å². The van der Waals surface area contributed by atoms with Crippen molar-refractivity contribution >= 4 is 11.6 Å². The number of hydrogen-bond acceptors (Lipinski definition) is 1. The molecular weight excluding hydrogens is 278 g/mol. The highest BCUT2D eigenvalue weighted by molar-refractivity contribution is 6.30. The molecule has 2 unspecified atom stereocenters. The molecule has 0 bridgehead atoms. The summed E-state index contributed by atoms with van der Waals surface area (Å²) in [6.07, 6.45) is 2.28. The van der Waals surface area contributed by atoms with Crippen molar-refractivity contribution < 1.29 is 0 Å². The van der Waals surface area contributed by atoms with E-state index in [1.54, 1.807) is 0 Å². The minimum Gasteiger partial charge on any atom is -0.303 e. The van der Waals surface area contributed by atoms with Crippen LogP contribution >= 0.6 is 11.6 Å². The maximum atomic E-state index is 6.04. The van der Waals surface area contributed by atoms with Gasteiger partial charge in [-0.05, 0) is 61.1 Å². The molecule has 1 nitrogen and oxygen atoms in total. The van der Waals surface area contributed by atoms with Crippen molar-refractivity contribution in [3.05, 3.63) is 69.2 Å². The largest absolute Gasteiger partial charge is 0.303 e. The molecule has 21 heavy (non-hydrogen) atoms. The van der Waals surface area contributed by atoms with Crippen molar-refractivity contribution in [3.63, 3.8) is 0 Å². The number of rotatable bonds is 2. The quantitative estimate of drug-likeness (QED) is 0.825. The number of hydrogen-bond donors (Lipinski definition) is 1. The standard InChI is InChI=1S/C19H22ClN/c1-4-16-11-17-13(3)9-12(2)10-18(17)19(21-16)14-5-7-15(20)8-6-14/h5-10,16,19,21H,4,11H2,1-3H3. The maximum Gasteiger partial charge on any atom is 0.0581 e. The third-order valence-corrected chi connectivity index (χ3v) is 4.76. The SMILES string of the molecule is CCC1Cc2c(C)cc(C)cc2C(c2ccc(Cl)cc2)N1. The molecule has 2 atom stereocenters. The van der Waals surface area contributed by atoms with E-state index in [0.29, 0.717) is 6.04 Å². The Bertz CT molecular complexity index is 645. The van der Waals surface area contributed by atoms with Crippen molar-refractivity contribution in [2.24, 2.45) is 0 Å². The van der Waals surface area contributed by atoms with Crippen LogP contribution in [0.3, 0.4) is 0 Å². The van der Waals surface area contributed by atoms with Crippen molar-refractivity contribution in [2.45, 2.75) is 45.7 Å². The number of aryl methyl sites for hydroxylation is 2. The average Bonchev–Trinajstić information content (AvgIpc) is 2.47. The highest BCUT2D eigenvalue weighted by Gasteiger charge is 2.27. The summed E-state index contributed by atoms with van der Waals surface area (Å²) in [4.78, 5) is 0. The van der Waals surface area contributed by atoms with Gasteiger partial charge < -0.3 is 5.32 Å². The monoisotopic (exact) mass is 299 g/mol. The zero-order valence-electron chi connectivity index (χ0n) is 12.9. The Labute approximate surface area is 132 Å². The second-order valence-electron chi connectivity index (χ2n) is 6.11. The van der Waals surface area contributed by atoms with E-state index in [0.717, 1.165) is 17.9 Å². The van der Waals surface area contributed by atoms with Crippen LogP contribution in [-0.2, 0) is 6.42 Å². The predicted octanol–water partition coefficient (Wildman–Crippen LogP) is 4.97. The molecule has 1 aliphatic heterocycles. The Morgan fingerprint density at radius 1 is 1.14 bits per heavy atom. The zero-order chi connectivity index (χ0) is 15.0. The fourth-order valence-corrected chi connectivity index (χ4v) is 3.52. The van der Waals surface area contributed by atoms with Crippen LogP contribution in [0, 0.1) is 13.8 Å². The summed E-state index contributed by atoms with van der Waals surface area (Å²) in [5.41, 5.74) is 7.00. The predicted molar refractivity (Wildman–Crippen MR) is 90.1 cm³/mol. The summed E-state index contributed by atoms with van der Waals surface area (Å²) < 4.78 is 0. The molecule has 1 heterocycles. The van der Waals surface area contributed by atoms with E-state index in [4.69, 9.17) is 11.6 Å². The molecule has 2 heteroatoms. The van der Waals surface area contributed by atoms with Gasteiger partial charge in [0.05, 0.1) is 6.04 Å². The fraction of sp³-hybridized carbons (Fsp3) is 0.368. The summed E-state index contributed by atoms with van der Waals surface area (Å²) in [5.74, 6) is 0. The highest BCUT2D eigenvalue weighted by Crippen LogP contribution is 2.34. The molecule has 0 saturated carbocycles. The van der Waals surface area contributed by atoms with Gasteiger partial charge in [-0.25, -0.2) is 0 Å². The molecular formula is C19H22ClN. The lowest BCUT2D eigenvalue weighted by Gasteiger charge is -2.34. The topological polar surface area (TPSA) is 12.0 Å². The van der Waals surface area contributed by atoms with Crippen LogP contribution in [0.2, 0.25) is 5.02 Å². The number of benzene rings is 2. The van der Waals surface area contributed by atoms with E-state index in [-0.39, 0.29) is 6.04 Å². The summed E-state index contributed by atoms with van der Waals surface area (Å²) in [6, 6.07) is 13.7. The van der Waals surface area contributed by atoms with Crippen molar-refractivity contribution in [2.75, 3.05) is 0 Å². The van der Waals surface area contributed by atoms with Gasteiger partial charge >= 0.3 is 0 Å². The Kier molecular flexibility index (Phi) is 4.05. The number of halogens is 1. The average molecular weight is 300 g/mol. The van der Waals surface area contributed by atoms with Crippen LogP contribution in [0.4, 0.5) is 0 Å². The molecule has 0 amide bonds. The van der Waals surface area contributed by atoms with Crippen molar-refractivity contribution in [1.82, 2.24) is 5.32 Å². The van der Waals surface area contributed by atoms with Gasteiger partial charge in [-0.2, -0.15) is 0 Å². The second kappa shape index (κ2) is 5.82. The first-order chi connectivity index (χ1) is 10.1. The van der Waals surface area contributed by atoms with Crippen molar-refractivity contribution in [3.8, 4) is 0 Å². The first-order valence-electron chi connectivity index (χ1n) is 7.70. The van der Waals surface area contributed by atoms with Gasteiger partial charge in [-0.1, -0.05) is 48.4 Å². The second-order valence-corrected chi connectivity index (χ2v) is 6.55. The molecule has 0 saturated heterocycles. The van der Waals surface area contributed by atoms with Crippen molar-refractivity contribution in [1.29, 1.82) is 0 Å². The molecule has 0 radical (unpaired) electrons. The van der Waals surface area contributed by atoms with Crippen LogP contribution in [-0.4, -0.2) is 6.04 Å². The van der Waals surface area contributed by atoms with E-state index >= 15 is 0 Å². The Balaban J connectivity index is 2.11. The molecule has 0 aromatic heterocycles. The van der Waals surface area contributed by atoms with Gasteiger partial charge in [-0.15, -0.1) is 0 Å². The summed E-state index contributed by atoms with van der Waals surface area (Å²) in [5, 5.41) is 4.60. The Morgan fingerprint density at radius 2 is 1.86 bits per heavy atom. The summed E-state index contributed by atoms with van der Waals surface area (Å²) >= 11 is 6.04. The molecule has 2 aromatic carbocycles. The summed E-state index contributed by atoms with van der Waals surface area (Å²) in [6.45, 7) is 6.67. The molecule has 1 N–H and O–H groups in total. The fourth-order valence-electron chi connectivity index (χ4n) is 3.39. The smallest absolute Gasteiger partial charge is 0.0581 e. The number of fused-ring (bicyclic) bond motifs is 1. The van der Waals surface area contributed by atoms with Crippen LogP contribution in [0.5, 0.6) is 0 Å². The minimum atomic E-state index is 0.273. The molecule has 0 spiro atoms. The van der Waals surface area contributed by atoms with Gasteiger partial charge in [0.25, 0.3) is 0 Å². The summed E-state index contributed by atoms with van der Waals surface area (Å²) in [7, 11) is 0. The van der Waals surface area contributed by atoms with E-state index in [1.165, 1.54) is 27.8 Å². The molecule has 110 valence electrons. The van der Waals surface area contributed by atoms with Gasteiger partial charge in [0.1, 0.15) is 0 Å². The van der Waals surface area contributed by atoms with Crippen LogP contribution < -0.4 is 5.32 Å². The highest BCUT2D eigenvalue weighted by atomic mass is 35.5. The van der Waals surface area contributed by atoms with E-state index < -0.39 is 0 Å².